The van der Waals surface area contributed by atoms with Gasteiger partial charge in [0, 0.05) is 11.6 Å². The molecule has 0 spiro atoms. The fraction of sp³-hybridized carbons (Fsp3) is 0.167. The molecule has 0 bridgehead atoms. The number of methoxy groups -OCH3 is 1. The van der Waals surface area contributed by atoms with Crippen molar-refractivity contribution in [2.24, 2.45) is 0 Å². The first-order valence-corrected chi connectivity index (χ1v) is 7.30. The lowest BCUT2D eigenvalue weighted by Gasteiger charge is -2.13. The molecular weight excluding hydrogens is 335 g/mol. The van der Waals surface area contributed by atoms with Crippen LogP contribution in [0.2, 0.25) is 0 Å². The van der Waals surface area contributed by atoms with E-state index < -0.39 is 18.7 Å². The van der Waals surface area contributed by atoms with E-state index >= 15 is 0 Å². The summed E-state index contributed by atoms with van der Waals surface area (Å²) >= 11 is 0. The SMILES string of the molecule is COc1ccccc1/C=C/C(=O)Nc1ccccc1OCC(F)(F)F. The van der Waals surface area contributed by atoms with E-state index in [0.29, 0.717) is 11.3 Å². The Morgan fingerprint density at radius 1 is 1.08 bits per heavy atom. The van der Waals surface area contributed by atoms with E-state index in [-0.39, 0.29) is 11.4 Å². The number of rotatable bonds is 6. The lowest BCUT2D eigenvalue weighted by Crippen LogP contribution is -2.20. The van der Waals surface area contributed by atoms with Gasteiger partial charge in [-0.15, -0.1) is 0 Å². The smallest absolute Gasteiger partial charge is 0.422 e. The van der Waals surface area contributed by atoms with Crippen molar-refractivity contribution in [1.29, 1.82) is 0 Å². The van der Waals surface area contributed by atoms with Crippen LogP contribution in [0.1, 0.15) is 5.56 Å². The topological polar surface area (TPSA) is 47.6 Å². The fourth-order valence-electron chi connectivity index (χ4n) is 2.00. The zero-order valence-electron chi connectivity index (χ0n) is 13.3. The van der Waals surface area contributed by atoms with Crippen molar-refractivity contribution >= 4 is 17.7 Å². The maximum Gasteiger partial charge on any atom is 0.422 e. The fourth-order valence-corrected chi connectivity index (χ4v) is 2.00. The van der Waals surface area contributed by atoms with Gasteiger partial charge in [-0.1, -0.05) is 30.3 Å². The Morgan fingerprint density at radius 3 is 2.40 bits per heavy atom. The highest BCUT2D eigenvalue weighted by Crippen LogP contribution is 2.26. The molecule has 1 amide bonds. The average Bonchev–Trinajstić information content (AvgIpc) is 2.58. The number of hydrogen-bond donors (Lipinski definition) is 1. The van der Waals surface area contributed by atoms with Crippen LogP contribution < -0.4 is 14.8 Å². The maximum absolute atomic E-state index is 12.3. The van der Waals surface area contributed by atoms with Crippen LogP contribution in [-0.2, 0) is 4.79 Å². The number of nitrogens with one attached hydrogen (secondary N) is 1. The molecule has 0 aromatic heterocycles. The Labute approximate surface area is 142 Å². The summed E-state index contributed by atoms with van der Waals surface area (Å²) in [5.41, 5.74) is 0.850. The van der Waals surface area contributed by atoms with Crippen molar-refractivity contribution in [2.75, 3.05) is 19.0 Å². The van der Waals surface area contributed by atoms with Crippen LogP contribution in [0.15, 0.2) is 54.6 Å². The van der Waals surface area contributed by atoms with E-state index in [9.17, 15) is 18.0 Å². The van der Waals surface area contributed by atoms with Crippen LogP contribution in [0.25, 0.3) is 6.08 Å². The Hall–Kier alpha value is -2.96. The molecule has 1 N–H and O–H groups in total. The van der Waals surface area contributed by atoms with Gasteiger partial charge in [0.25, 0.3) is 0 Å². The van der Waals surface area contributed by atoms with Gasteiger partial charge in [0.15, 0.2) is 6.61 Å². The van der Waals surface area contributed by atoms with Gasteiger partial charge in [-0.05, 0) is 24.3 Å². The minimum absolute atomic E-state index is 0.0566. The molecule has 2 aromatic rings. The molecule has 25 heavy (non-hydrogen) atoms. The normalized spacial score (nSPS) is 11.4. The van der Waals surface area contributed by atoms with Gasteiger partial charge in [0.05, 0.1) is 12.8 Å². The maximum atomic E-state index is 12.3. The molecular formula is C18H16F3NO3. The summed E-state index contributed by atoms with van der Waals surface area (Å²) in [6.45, 7) is -1.43. The van der Waals surface area contributed by atoms with Gasteiger partial charge in [0.2, 0.25) is 5.91 Å². The zero-order valence-corrected chi connectivity index (χ0v) is 13.3. The summed E-state index contributed by atoms with van der Waals surface area (Å²) < 4.78 is 46.7. The summed E-state index contributed by atoms with van der Waals surface area (Å²) in [6, 6.07) is 13.0. The third-order valence-electron chi connectivity index (χ3n) is 3.09. The summed E-state index contributed by atoms with van der Waals surface area (Å²) in [5.74, 6) is 0.0355. The molecule has 0 aliphatic carbocycles. The molecule has 0 aliphatic heterocycles. The number of anilines is 1. The van der Waals surface area contributed by atoms with Crippen molar-refractivity contribution in [3.8, 4) is 11.5 Å². The molecule has 0 saturated heterocycles. The molecule has 0 radical (unpaired) electrons. The van der Waals surface area contributed by atoms with Crippen LogP contribution in [0.4, 0.5) is 18.9 Å². The van der Waals surface area contributed by atoms with E-state index in [4.69, 9.17) is 9.47 Å². The van der Waals surface area contributed by atoms with Crippen LogP contribution in [0.5, 0.6) is 11.5 Å². The lowest BCUT2D eigenvalue weighted by molar-refractivity contribution is -0.153. The number of para-hydroxylation sites is 3. The third kappa shape index (κ3) is 5.87. The molecule has 0 atom stereocenters. The zero-order chi connectivity index (χ0) is 18.3. The summed E-state index contributed by atoms with van der Waals surface area (Å²) in [6.07, 6.45) is -1.65. The van der Waals surface area contributed by atoms with Gasteiger partial charge in [-0.3, -0.25) is 4.79 Å². The van der Waals surface area contributed by atoms with E-state index in [1.165, 1.54) is 31.4 Å². The highest BCUT2D eigenvalue weighted by Gasteiger charge is 2.28. The summed E-state index contributed by atoms with van der Waals surface area (Å²) in [5, 5.41) is 2.50. The Balaban J connectivity index is 2.07. The summed E-state index contributed by atoms with van der Waals surface area (Å²) in [4.78, 5) is 12.0. The van der Waals surface area contributed by atoms with Crippen LogP contribution in [0.3, 0.4) is 0 Å². The highest BCUT2D eigenvalue weighted by atomic mass is 19.4. The molecule has 2 aromatic carbocycles. The molecule has 0 heterocycles. The van der Waals surface area contributed by atoms with Crippen LogP contribution in [-0.4, -0.2) is 25.8 Å². The van der Waals surface area contributed by atoms with Crippen LogP contribution >= 0.6 is 0 Å². The molecule has 4 nitrogen and oxygen atoms in total. The van der Waals surface area contributed by atoms with Gasteiger partial charge >= 0.3 is 6.18 Å². The lowest BCUT2D eigenvalue weighted by atomic mass is 10.2. The first kappa shape index (κ1) is 18.4. The van der Waals surface area contributed by atoms with Gasteiger partial charge in [0.1, 0.15) is 11.5 Å². The van der Waals surface area contributed by atoms with Gasteiger partial charge in [-0.25, -0.2) is 0 Å². The molecule has 0 saturated carbocycles. The Bertz CT molecular complexity index is 757. The number of ether oxygens (including phenoxy) is 2. The van der Waals surface area contributed by atoms with E-state index in [0.717, 1.165) is 0 Å². The minimum Gasteiger partial charge on any atom is -0.496 e. The van der Waals surface area contributed by atoms with Crippen LogP contribution in [0, 0.1) is 0 Å². The first-order chi connectivity index (χ1) is 11.9. The molecule has 132 valence electrons. The second-order valence-electron chi connectivity index (χ2n) is 4.96. The molecule has 7 heteroatoms. The van der Waals surface area contributed by atoms with Crippen molar-refractivity contribution in [2.45, 2.75) is 6.18 Å². The van der Waals surface area contributed by atoms with Crippen molar-refractivity contribution in [3.05, 3.63) is 60.2 Å². The van der Waals surface area contributed by atoms with Crippen molar-refractivity contribution in [3.63, 3.8) is 0 Å². The monoisotopic (exact) mass is 351 g/mol. The number of amides is 1. The highest BCUT2D eigenvalue weighted by molar-refractivity contribution is 6.02. The predicted molar refractivity (Wildman–Crippen MR) is 88.6 cm³/mol. The summed E-state index contributed by atoms with van der Waals surface area (Å²) in [7, 11) is 1.51. The van der Waals surface area contributed by atoms with E-state index in [2.05, 4.69) is 5.32 Å². The second kappa shape index (κ2) is 8.23. The number of carbonyl (C=O) groups excluding carboxylic acids is 1. The number of benzene rings is 2. The average molecular weight is 351 g/mol. The Morgan fingerprint density at radius 2 is 1.72 bits per heavy atom. The van der Waals surface area contributed by atoms with Gasteiger partial charge in [-0.2, -0.15) is 13.2 Å². The molecule has 0 fully saturated rings. The number of carbonyl (C=O) groups is 1. The quantitative estimate of drug-likeness (QED) is 0.790. The minimum atomic E-state index is -4.46. The standard InChI is InChI=1S/C18H16F3NO3/c1-24-15-8-4-2-6-13(15)10-11-17(23)22-14-7-3-5-9-16(14)25-12-18(19,20)21/h2-11H,12H2,1H3,(H,22,23)/b11-10+. The first-order valence-electron chi connectivity index (χ1n) is 7.30. The second-order valence-corrected chi connectivity index (χ2v) is 4.96. The van der Waals surface area contributed by atoms with Crippen molar-refractivity contribution < 1.29 is 27.4 Å². The number of alkyl halides is 3. The van der Waals surface area contributed by atoms with E-state index in [1.807, 2.05) is 0 Å². The number of hydrogen-bond acceptors (Lipinski definition) is 3. The molecule has 2 rings (SSSR count). The molecule has 0 unspecified atom stereocenters. The third-order valence-corrected chi connectivity index (χ3v) is 3.09. The Kier molecular flexibility index (Phi) is 6.05. The number of halogens is 3. The molecule has 0 aliphatic rings. The largest absolute Gasteiger partial charge is 0.496 e. The predicted octanol–water partition coefficient (Wildman–Crippen LogP) is 4.29. The van der Waals surface area contributed by atoms with Gasteiger partial charge < -0.3 is 14.8 Å². The van der Waals surface area contributed by atoms with Crippen molar-refractivity contribution in [1.82, 2.24) is 0 Å². The van der Waals surface area contributed by atoms with E-state index in [1.54, 1.807) is 36.4 Å².